The van der Waals surface area contributed by atoms with Gasteiger partial charge in [0.25, 0.3) is 0 Å². The van der Waals surface area contributed by atoms with Gasteiger partial charge in [0.15, 0.2) is 5.65 Å². The molecule has 102 valence electrons. The van der Waals surface area contributed by atoms with Gasteiger partial charge in [0.1, 0.15) is 5.82 Å². The van der Waals surface area contributed by atoms with Gasteiger partial charge in [0.05, 0.1) is 6.20 Å². The molecule has 2 N–H and O–H groups in total. The first kappa shape index (κ1) is 12.3. The highest BCUT2D eigenvalue weighted by Gasteiger charge is 2.27. The van der Waals surface area contributed by atoms with Gasteiger partial charge >= 0.3 is 0 Å². The molecule has 2 aromatic rings. The zero-order valence-electron chi connectivity index (χ0n) is 11.0. The van der Waals surface area contributed by atoms with Crippen LogP contribution >= 0.6 is 0 Å². The van der Waals surface area contributed by atoms with Crippen LogP contribution in [-0.2, 0) is 0 Å². The van der Waals surface area contributed by atoms with Crippen LogP contribution in [0.2, 0.25) is 0 Å². The number of aromatic nitrogens is 3. The Morgan fingerprint density at radius 1 is 1.47 bits per heavy atom. The lowest BCUT2D eigenvalue weighted by molar-refractivity contribution is 0.363. The van der Waals surface area contributed by atoms with Crippen molar-refractivity contribution in [2.75, 3.05) is 18.0 Å². The van der Waals surface area contributed by atoms with Gasteiger partial charge in [-0.15, -0.1) is 5.10 Å². The third kappa shape index (κ3) is 2.28. The molecule has 3 heterocycles. The first-order chi connectivity index (χ1) is 9.17. The number of halogens is 1. The van der Waals surface area contributed by atoms with Crippen molar-refractivity contribution in [3.63, 3.8) is 0 Å². The molecule has 2 atom stereocenters. The summed E-state index contributed by atoms with van der Waals surface area (Å²) < 4.78 is 14.6. The summed E-state index contributed by atoms with van der Waals surface area (Å²) >= 11 is 0. The number of nitrogens with zero attached hydrogens (tertiary/aromatic N) is 4. The largest absolute Gasteiger partial charge is 0.335 e. The number of rotatable bonds is 2. The van der Waals surface area contributed by atoms with Gasteiger partial charge in [-0.1, -0.05) is 6.92 Å². The maximum absolute atomic E-state index is 13.2. The predicted molar refractivity (Wildman–Crippen MR) is 71.5 cm³/mol. The molecule has 1 aliphatic rings. The number of piperidine rings is 1. The van der Waals surface area contributed by atoms with Crippen molar-refractivity contribution in [3.05, 3.63) is 24.1 Å². The van der Waals surface area contributed by atoms with Crippen LogP contribution in [0.4, 0.5) is 10.3 Å². The first-order valence-electron chi connectivity index (χ1n) is 6.66. The van der Waals surface area contributed by atoms with Gasteiger partial charge in [-0.3, -0.25) is 0 Å². The molecule has 0 bridgehead atoms. The zero-order chi connectivity index (χ0) is 13.4. The Morgan fingerprint density at radius 3 is 3.11 bits per heavy atom. The SMILES string of the molecule is CC1CCN(c2nc3ccc(F)cn3n2)C(CN)C1. The van der Waals surface area contributed by atoms with E-state index in [-0.39, 0.29) is 11.9 Å². The Labute approximate surface area is 111 Å². The highest BCUT2D eigenvalue weighted by molar-refractivity contribution is 5.45. The van der Waals surface area contributed by atoms with E-state index < -0.39 is 0 Å². The molecule has 2 unspecified atom stereocenters. The molecule has 0 radical (unpaired) electrons. The Morgan fingerprint density at radius 2 is 2.32 bits per heavy atom. The third-order valence-electron chi connectivity index (χ3n) is 3.79. The highest BCUT2D eigenvalue weighted by atomic mass is 19.1. The molecule has 3 rings (SSSR count). The fraction of sp³-hybridized carbons (Fsp3) is 0.538. The molecule has 0 aromatic carbocycles. The minimum absolute atomic E-state index is 0.269. The van der Waals surface area contributed by atoms with Crippen LogP contribution in [0.5, 0.6) is 0 Å². The molecular weight excluding hydrogens is 245 g/mol. The summed E-state index contributed by atoms with van der Waals surface area (Å²) in [5.74, 6) is 1.01. The molecule has 5 nitrogen and oxygen atoms in total. The van der Waals surface area contributed by atoms with Crippen LogP contribution in [0.25, 0.3) is 5.65 Å². The molecule has 0 saturated carbocycles. The first-order valence-corrected chi connectivity index (χ1v) is 6.66. The van der Waals surface area contributed by atoms with Crippen molar-refractivity contribution < 1.29 is 4.39 Å². The summed E-state index contributed by atoms with van der Waals surface area (Å²) in [4.78, 5) is 6.60. The highest BCUT2D eigenvalue weighted by Crippen LogP contribution is 2.25. The van der Waals surface area contributed by atoms with E-state index in [4.69, 9.17) is 5.73 Å². The Bertz CT molecular complexity index is 581. The quantitative estimate of drug-likeness (QED) is 0.890. The number of nitrogens with two attached hydrogens (primary N) is 1. The van der Waals surface area contributed by atoms with Crippen molar-refractivity contribution in [1.82, 2.24) is 14.6 Å². The summed E-state index contributed by atoms with van der Waals surface area (Å²) in [5.41, 5.74) is 6.51. The molecule has 1 saturated heterocycles. The molecular formula is C13H18FN5. The molecule has 0 aliphatic carbocycles. The van der Waals surface area contributed by atoms with Crippen LogP contribution in [-0.4, -0.2) is 33.7 Å². The van der Waals surface area contributed by atoms with Crippen molar-refractivity contribution in [2.45, 2.75) is 25.8 Å². The second-order valence-electron chi connectivity index (χ2n) is 5.27. The fourth-order valence-electron chi connectivity index (χ4n) is 2.71. The van der Waals surface area contributed by atoms with E-state index in [1.807, 2.05) is 0 Å². The van der Waals surface area contributed by atoms with E-state index in [1.165, 1.54) is 16.8 Å². The van der Waals surface area contributed by atoms with Gasteiger partial charge in [0, 0.05) is 19.1 Å². The van der Waals surface area contributed by atoms with E-state index in [9.17, 15) is 4.39 Å². The summed E-state index contributed by atoms with van der Waals surface area (Å²) in [5, 5.41) is 4.36. The smallest absolute Gasteiger partial charge is 0.245 e. The molecule has 19 heavy (non-hydrogen) atoms. The molecule has 6 heteroatoms. The monoisotopic (exact) mass is 263 g/mol. The van der Waals surface area contributed by atoms with E-state index >= 15 is 0 Å². The van der Waals surface area contributed by atoms with Crippen molar-refractivity contribution in [1.29, 1.82) is 0 Å². The van der Waals surface area contributed by atoms with Gasteiger partial charge in [-0.2, -0.15) is 4.98 Å². The lowest BCUT2D eigenvalue weighted by atomic mass is 9.93. The maximum atomic E-state index is 13.2. The van der Waals surface area contributed by atoms with Gasteiger partial charge in [-0.05, 0) is 30.9 Å². The average Bonchev–Trinajstić information content (AvgIpc) is 2.81. The standard InChI is InChI=1S/C13H18FN5/c1-9-4-5-18(11(6-9)7-15)13-16-12-3-2-10(14)8-19(12)17-13/h2-3,8-9,11H,4-7,15H2,1H3. The molecule has 0 amide bonds. The lowest BCUT2D eigenvalue weighted by Crippen LogP contribution is -2.46. The van der Waals surface area contributed by atoms with Crippen molar-refractivity contribution >= 4 is 11.6 Å². The number of hydrogen-bond acceptors (Lipinski definition) is 4. The van der Waals surface area contributed by atoms with Gasteiger partial charge in [0.2, 0.25) is 5.95 Å². The summed E-state index contributed by atoms with van der Waals surface area (Å²) in [6, 6.07) is 3.30. The fourth-order valence-corrected chi connectivity index (χ4v) is 2.71. The molecule has 2 aromatic heterocycles. The average molecular weight is 263 g/mol. The number of anilines is 1. The Hall–Kier alpha value is -1.69. The third-order valence-corrected chi connectivity index (χ3v) is 3.79. The minimum Gasteiger partial charge on any atom is -0.335 e. The Kier molecular flexibility index (Phi) is 3.10. The Balaban J connectivity index is 1.94. The van der Waals surface area contributed by atoms with Gasteiger partial charge in [-0.25, -0.2) is 8.91 Å². The number of fused-ring (bicyclic) bond motifs is 1. The second-order valence-corrected chi connectivity index (χ2v) is 5.27. The van der Waals surface area contributed by atoms with Crippen molar-refractivity contribution in [2.24, 2.45) is 11.7 Å². The maximum Gasteiger partial charge on any atom is 0.245 e. The second kappa shape index (κ2) is 4.77. The summed E-state index contributed by atoms with van der Waals surface area (Å²) in [7, 11) is 0. The summed E-state index contributed by atoms with van der Waals surface area (Å²) in [6.07, 6.45) is 3.51. The summed E-state index contributed by atoms with van der Waals surface area (Å²) in [6.45, 7) is 3.74. The minimum atomic E-state index is -0.313. The van der Waals surface area contributed by atoms with E-state index in [0.717, 1.165) is 19.4 Å². The van der Waals surface area contributed by atoms with E-state index in [2.05, 4.69) is 21.9 Å². The zero-order valence-corrected chi connectivity index (χ0v) is 11.0. The number of hydrogen-bond donors (Lipinski definition) is 1. The van der Waals surface area contributed by atoms with Gasteiger partial charge < -0.3 is 10.6 Å². The van der Waals surface area contributed by atoms with Crippen LogP contribution in [0, 0.1) is 11.7 Å². The van der Waals surface area contributed by atoms with E-state index in [0.29, 0.717) is 24.1 Å². The predicted octanol–water partition coefficient (Wildman–Crippen LogP) is 1.43. The van der Waals surface area contributed by atoms with E-state index in [1.54, 1.807) is 6.07 Å². The number of pyridine rings is 1. The molecule has 1 fully saturated rings. The normalized spacial score (nSPS) is 24.1. The topological polar surface area (TPSA) is 59.5 Å². The van der Waals surface area contributed by atoms with Crippen LogP contribution in [0.1, 0.15) is 19.8 Å². The lowest BCUT2D eigenvalue weighted by Gasteiger charge is -2.37. The molecule has 1 aliphatic heterocycles. The van der Waals surface area contributed by atoms with Crippen LogP contribution in [0.3, 0.4) is 0 Å². The van der Waals surface area contributed by atoms with Crippen LogP contribution in [0.15, 0.2) is 18.3 Å². The van der Waals surface area contributed by atoms with Crippen LogP contribution < -0.4 is 10.6 Å². The van der Waals surface area contributed by atoms with Crippen molar-refractivity contribution in [3.8, 4) is 0 Å². The molecule has 0 spiro atoms.